The fraction of sp³-hybridized carbons (Fsp3) is 0.111. The van der Waals surface area contributed by atoms with Crippen molar-refractivity contribution in [2.45, 2.75) is 4.90 Å². The minimum Gasteiger partial charge on any atom is -0.496 e. The number of anilines is 1. The fourth-order valence-electron chi connectivity index (χ4n) is 2.20. The summed E-state index contributed by atoms with van der Waals surface area (Å²) in [5.74, 6) is -0.519. The number of thioether (sulfide) groups is 1. The molecule has 1 amide bonds. The number of hydrogen-bond donors (Lipinski definition) is 1. The summed E-state index contributed by atoms with van der Waals surface area (Å²) in [7, 11) is 1.49. The van der Waals surface area contributed by atoms with Gasteiger partial charge >= 0.3 is 0 Å². The van der Waals surface area contributed by atoms with Gasteiger partial charge in [0, 0.05) is 15.8 Å². The first-order chi connectivity index (χ1) is 12.6. The number of carbonyl (C=O) groups excluding carboxylic acids is 1. The summed E-state index contributed by atoms with van der Waals surface area (Å²) in [5.41, 5.74) is 1.01. The average molecular weight is 392 g/mol. The molecule has 0 aliphatic carbocycles. The van der Waals surface area contributed by atoms with Gasteiger partial charge in [-0.05, 0) is 30.3 Å². The topological polar surface area (TPSA) is 51.2 Å². The van der Waals surface area contributed by atoms with Crippen molar-refractivity contribution in [1.29, 1.82) is 0 Å². The molecule has 0 fully saturated rings. The van der Waals surface area contributed by atoms with Crippen LogP contribution >= 0.6 is 23.1 Å². The number of thiazole rings is 1. The second-order valence-corrected chi connectivity index (χ2v) is 7.03. The van der Waals surface area contributed by atoms with Crippen molar-refractivity contribution >= 4 is 34.1 Å². The number of rotatable bonds is 6. The van der Waals surface area contributed by atoms with Crippen LogP contribution in [0.15, 0.2) is 52.7 Å². The number of halogens is 2. The van der Waals surface area contributed by atoms with Crippen molar-refractivity contribution in [2.75, 3.05) is 18.2 Å². The van der Waals surface area contributed by atoms with E-state index in [1.54, 1.807) is 23.6 Å². The molecule has 8 heteroatoms. The van der Waals surface area contributed by atoms with Gasteiger partial charge in [0.2, 0.25) is 5.91 Å². The predicted molar refractivity (Wildman–Crippen MR) is 99.8 cm³/mol. The first kappa shape index (κ1) is 18.3. The Morgan fingerprint density at radius 3 is 2.85 bits per heavy atom. The molecule has 0 bridgehead atoms. The summed E-state index contributed by atoms with van der Waals surface area (Å²) in [6, 6.07) is 10.4. The highest BCUT2D eigenvalue weighted by Crippen LogP contribution is 2.33. The zero-order valence-electron chi connectivity index (χ0n) is 13.7. The van der Waals surface area contributed by atoms with Crippen LogP contribution in [0.1, 0.15) is 0 Å². The van der Waals surface area contributed by atoms with Crippen molar-refractivity contribution in [3.8, 4) is 17.0 Å². The molecule has 0 spiro atoms. The number of nitrogens with zero attached hydrogens (tertiary/aromatic N) is 1. The normalized spacial score (nSPS) is 10.6. The largest absolute Gasteiger partial charge is 0.496 e. The maximum Gasteiger partial charge on any atom is 0.236 e. The van der Waals surface area contributed by atoms with Crippen LogP contribution in [0.2, 0.25) is 0 Å². The Kier molecular flexibility index (Phi) is 5.85. The number of hydrogen-bond acceptors (Lipinski definition) is 5. The average Bonchev–Trinajstić information content (AvgIpc) is 3.09. The Labute approximate surface area is 157 Å². The minimum absolute atomic E-state index is 0.0547. The minimum atomic E-state index is -0.402. The molecule has 0 atom stereocenters. The fourth-order valence-corrected chi connectivity index (χ4v) is 3.66. The van der Waals surface area contributed by atoms with E-state index >= 15 is 0 Å². The van der Waals surface area contributed by atoms with E-state index in [0.717, 1.165) is 11.8 Å². The van der Waals surface area contributed by atoms with Gasteiger partial charge in [-0.1, -0.05) is 12.1 Å². The number of benzene rings is 2. The lowest BCUT2D eigenvalue weighted by atomic mass is 10.1. The Morgan fingerprint density at radius 2 is 2.08 bits per heavy atom. The van der Waals surface area contributed by atoms with Crippen molar-refractivity contribution in [2.24, 2.45) is 0 Å². The molecular formula is C18H14F2N2O2S2. The first-order valence-corrected chi connectivity index (χ1v) is 9.40. The molecule has 2 aromatic carbocycles. The molecule has 1 N–H and O–H groups in total. The van der Waals surface area contributed by atoms with Crippen LogP contribution in [-0.4, -0.2) is 23.8 Å². The van der Waals surface area contributed by atoms with Gasteiger partial charge in [0.25, 0.3) is 0 Å². The molecule has 1 aromatic heterocycles. The monoisotopic (exact) mass is 392 g/mol. The van der Waals surface area contributed by atoms with Crippen LogP contribution in [0.3, 0.4) is 0 Å². The van der Waals surface area contributed by atoms with Gasteiger partial charge in [-0.25, -0.2) is 13.8 Å². The zero-order chi connectivity index (χ0) is 18.5. The summed E-state index contributed by atoms with van der Waals surface area (Å²) >= 11 is 2.32. The molecule has 3 rings (SSSR count). The van der Waals surface area contributed by atoms with Crippen LogP contribution in [0.4, 0.5) is 13.9 Å². The van der Waals surface area contributed by atoms with Crippen LogP contribution in [-0.2, 0) is 4.79 Å². The quantitative estimate of drug-likeness (QED) is 0.611. The number of ether oxygens (including phenoxy) is 1. The van der Waals surface area contributed by atoms with Gasteiger partial charge in [0.05, 0.1) is 18.6 Å². The van der Waals surface area contributed by atoms with Crippen molar-refractivity contribution in [3.05, 3.63) is 59.5 Å². The van der Waals surface area contributed by atoms with E-state index in [0.29, 0.717) is 27.0 Å². The zero-order valence-corrected chi connectivity index (χ0v) is 15.3. The summed E-state index contributed by atoms with van der Waals surface area (Å²) in [4.78, 5) is 16.8. The molecule has 0 aliphatic heterocycles. The van der Waals surface area contributed by atoms with E-state index < -0.39 is 5.82 Å². The summed E-state index contributed by atoms with van der Waals surface area (Å²) in [5, 5.41) is 4.75. The Bertz CT molecular complexity index is 931. The molecule has 0 aliphatic rings. The van der Waals surface area contributed by atoms with Gasteiger partial charge in [0.1, 0.15) is 17.4 Å². The Morgan fingerprint density at radius 1 is 1.27 bits per heavy atom. The summed E-state index contributed by atoms with van der Waals surface area (Å²) in [6.45, 7) is 0. The molecule has 0 saturated heterocycles. The molecule has 0 unspecified atom stereocenters. The standard InChI is InChI=1S/C18H14F2N2O2S2/c1-24-15-7-6-11(19)8-12(15)14-9-26-18(21-14)22-17(23)10-25-16-5-3-2-4-13(16)20/h2-9H,10H2,1H3,(H,21,22,23). The van der Waals surface area contributed by atoms with Gasteiger partial charge < -0.3 is 10.1 Å². The Hall–Kier alpha value is -2.45. The maximum atomic E-state index is 13.6. The van der Waals surface area contributed by atoms with E-state index in [2.05, 4.69) is 10.3 Å². The summed E-state index contributed by atoms with van der Waals surface area (Å²) < 4.78 is 32.3. The van der Waals surface area contributed by atoms with Gasteiger partial charge in [-0.15, -0.1) is 23.1 Å². The van der Waals surface area contributed by atoms with E-state index in [1.165, 1.54) is 42.7 Å². The molecule has 0 saturated carbocycles. The lowest BCUT2D eigenvalue weighted by molar-refractivity contribution is -0.113. The van der Waals surface area contributed by atoms with Crippen LogP contribution in [0.25, 0.3) is 11.3 Å². The van der Waals surface area contributed by atoms with E-state index in [9.17, 15) is 13.6 Å². The van der Waals surface area contributed by atoms with E-state index in [1.807, 2.05) is 0 Å². The van der Waals surface area contributed by atoms with Crippen LogP contribution in [0.5, 0.6) is 5.75 Å². The third-order valence-electron chi connectivity index (χ3n) is 3.38. The highest BCUT2D eigenvalue weighted by molar-refractivity contribution is 8.00. The molecular weight excluding hydrogens is 378 g/mol. The van der Waals surface area contributed by atoms with Crippen molar-refractivity contribution < 1.29 is 18.3 Å². The van der Waals surface area contributed by atoms with Crippen LogP contribution < -0.4 is 10.1 Å². The van der Waals surface area contributed by atoms with Gasteiger partial charge in [0.15, 0.2) is 5.13 Å². The second-order valence-electron chi connectivity index (χ2n) is 5.15. The van der Waals surface area contributed by atoms with E-state index in [-0.39, 0.29) is 17.5 Å². The van der Waals surface area contributed by atoms with Gasteiger partial charge in [-0.2, -0.15) is 0 Å². The van der Waals surface area contributed by atoms with Gasteiger partial charge in [-0.3, -0.25) is 4.79 Å². The number of carbonyl (C=O) groups is 1. The number of aromatic nitrogens is 1. The molecule has 4 nitrogen and oxygen atoms in total. The molecule has 1 heterocycles. The van der Waals surface area contributed by atoms with Crippen molar-refractivity contribution in [1.82, 2.24) is 4.98 Å². The number of amides is 1. The SMILES string of the molecule is COc1ccc(F)cc1-c1csc(NC(=O)CSc2ccccc2F)n1. The highest BCUT2D eigenvalue weighted by atomic mass is 32.2. The highest BCUT2D eigenvalue weighted by Gasteiger charge is 2.13. The third-order valence-corrected chi connectivity index (χ3v) is 5.19. The maximum absolute atomic E-state index is 13.6. The lowest BCUT2D eigenvalue weighted by Gasteiger charge is -2.06. The second kappa shape index (κ2) is 8.29. The molecule has 134 valence electrons. The molecule has 3 aromatic rings. The number of nitrogens with one attached hydrogen (secondary N) is 1. The predicted octanol–water partition coefficient (Wildman–Crippen LogP) is 4.83. The third kappa shape index (κ3) is 4.39. The molecule has 0 radical (unpaired) electrons. The Balaban J connectivity index is 1.66. The lowest BCUT2D eigenvalue weighted by Crippen LogP contribution is -2.13. The number of methoxy groups -OCH3 is 1. The summed E-state index contributed by atoms with van der Waals surface area (Å²) in [6.07, 6.45) is 0. The molecule has 26 heavy (non-hydrogen) atoms. The first-order valence-electron chi connectivity index (χ1n) is 7.53. The van der Waals surface area contributed by atoms with Crippen LogP contribution in [0, 0.1) is 11.6 Å². The smallest absolute Gasteiger partial charge is 0.236 e. The van der Waals surface area contributed by atoms with E-state index in [4.69, 9.17) is 4.74 Å². The van der Waals surface area contributed by atoms with Crippen molar-refractivity contribution in [3.63, 3.8) is 0 Å².